The van der Waals surface area contributed by atoms with Crippen molar-refractivity contribution in [1.82, 2.24) is 0 Å². The molecule has 0 bridgehead atoms. The molecule has 0 aromatic heterocycles. The maximum absolute atomic E-state index is 15.1. The molecule has 1 heterocycles. The smallest absolute Gasteiger partial charge is 0.166 e. The summed E-state index contributed by atoms with van der Waals surface area (Å²) in [6.07, 6.45) is 11.9. The highest BCUT2D eigenvalue weighted by Gasteiger charge is 2.23. The molecule has 1 saturated heterocycles. The van der Waals surface area contributed by atoms with Crippen molar-refractivity contribution in [2.75, 3.05) is 6.61 Å². The summed E-state index contributed by atoms with van der Waals surface area (Å²) in [5.74, 6) is -1.68. The molecule has 2 atom stereocenters. The van der Waals surface area contributed by atoms with Crippen molar-refractivity contribution in [3.63, 3.8) is 0 Å². The molecule has 0 aliphatic carbocycles. The number of hydrogen-bond acceptors (Lipinski definition) is 1. The molecule has 3 aromatic rings. The molecule has 0 spiro atoms. The Balaban J connectivity index is 1.41. The van der Waals surface area contributed by atoms with Crippen molar-refractivity contribution in [2.45, 2.75) is 83.2 Å². The Bertz CT molecular complexity index is 1190. The maximum atomic E-state index is 15.1. The van der Waals surface area contributed by atoms with E-state index in [1.54, 1.807) is 48.5 Å². The molecule has 202 valence electrons. The van der Waals surface area contributed by atoms with Gasteiger partial charge in [-0.15, -0.1) is 6.58 Å². The second-order valence-electron chi connectivity index (χ2n) is 10.5. The Morgan fingerprint density at radius 2 is 1.55 bits per heavy atom. The second kappa shape index (κ2) is 13.8. The molecule has 0 saturated carbocycles. The lowest BCUT2D eigenvalue weighted by molar-refractivity contribution is -0.000212. The topological polar surface area (TPSA) is 9.23 Å². The first-order valence-electron chi connectivity index (χ1n) is 14.1. The number of hydrogen-bond donors (Lipinski definition) is 0. The van der Waals surface area contributed by atoms with Crippen molar-refractivity contribution < 1.29 is 17.9 Å². The van der Waals surface area contributed by atoms with Crippen LogP contribution in [0.25, 0.3) is 22.3 Å². The highest BCUT2D eigenvalue weighted by Crippen LogP contribution is 2.34. The molecule has 2 unspecified atom stereocenters. The van der Waals surface area contributed by atoms with Crippen molar-refractivity contribution in [1.29, 1.82) is 0 Å². The van der Waals surface area contributed by atoms with E-state index in [9.17, 15) is 8.78 Å². The van der Waals surface area contributed by atoms with E-state index in [0.717, 1.165) is 56.9 Å². The summed E-state index contributed by atoms with van der Waals surface area (Å²) in [5, 5.41) is 0. The van der Waals surface area contributed by atoms with E-state index in [0.29, 0.717) is 35.3 Å². The van der Waals surface area contributed by atoms with Crippen LogP contribution in [0.1, 0.15) is 81.8 Å². The minimum atomic E-state index is -0.819. The summed E-state index contributed by atoms with van der Waals surface area (Å²) in [7, 11) is 0. The van der Waals surface area contributed by atoms with Gasteiger partial charge in [-0.1, -0.05) is 87.2 Å². The first-order valence-corrected chi connectivity index (χ1v) is 14.1. The van der Waals surface area contributed by atoms with E-state index >= 15 is 4.39 Å². The Hall–Kier alpha value is -2.85. The van der Waals surface area contributed by atoms with E-state index in [2.05, 4.69) is 13.5 Å². The van der Waals surface area contributed by atoms with Crippen LogP contribution in [0.4, 0.5) is 13.2 Å². The predicted molar refractivity (Wildman–Crippen MR) is 151 cm³/mol. The molecule has 4 rings (SSSR count). The van der Waals surface area contributed by atoms with E-state index in [4.69, 9.17) is 4.74 Å². The molecule has 4 heteroatoms. The lowest BCUT2D eigenvalue weighted by Crippen LogP contribution is -2.24. The molecule has 1 aliphatic heterocycles. The number of aryl methyl sites for hydroxylation is 1. The summed E-state index contributed by atoms with van der Waals surface area (Å²) in [4.78, 5) is 0. The molecular weight excluding hydrogens is 481 g/mol. The molecule has 38 heavy (non-hydrogen) atoms. The first kappa shape index (κ1) is 28.2. The third kappa shape index (κ3) is 6.96. The van der Waals surface area contributed by atoms with E-state index < -0.39 is 11.6 Å². The van der Waals surface area contributed by atoms with Crippen LogP contribution in [0.5, 0.6) is 0 Å². The van der Waals surface area contributed by atoms with Gasteiger partial charge in [-0.05, 0) is 66.8 Å². The van der Waals surface area contributed by atoms with E-state index in [1.165, 1.54) is 6.42 Å². The predicted octanol–water partition coefficient (Wildman–Crippen LogP) is 10.2. The Morgan fingerprint density at radius 1 is 0.842 bits per heavy atom. The average molecular weight is 521 g/mol. The Kier molecular flexibility index (Phi) is 10.2. The van der Waals surface area contributed by atoms with Gasteiger partial charge in [0.15, 0.2) is 11.6 Å². The number of benzene rings is 3. The van der Waals surface area contributed by atoms with Crippen molar-refractivity contribution in [2.24, 2.45) is 0 Å². The number of halogens is 3. The van der Waals surface area contributed by atoms with Crippen molar-refractivity contribution in [3.8, 4) is 22.3 Å². The fourth-order valence-electron chi connectivity index (χ4n) is 5.37. The lowest BCUT2D eigenvalue weighted by atomic mass is 9.89. The van der Waals surface area contributed by atoms with Crippen LogP contribution >= 0.6 is 0 Å². The summed E-state index contributed by atoms with van der Waals surface area (Å²) in [6.45, 7) is 6.53. The van der Waals surface area contributed by atoms with Crippen LogP contribution < -0.4 is 0 Å². The van der Waals surface area contributed by atoms with Gasteiger partial charge in [0.25, 0.3) is 0 Å². The van der Waals surface area contributed by atoms with E-state index in [-0.39, 0.29) is 23.4 Å². The maximum Gasteiger partial charge on any atom is 0.166 e. The molecule has 3 aromatic carbocycles. The SMILES string of the molecule is C=CCCC1CCC(c2ccc(-c3ccc(-c4ccc(CCCCCCC)c(F)c4F)cc3)c(F)c2)CO1. The highest BCUT2D eigenvalue weighted by molar-refractivity contribution is 5.71. The molecule has 0 amide bonds. The van der Waals surface area contributed by atoms with E-state index in [1.807, 2.05) is 12.1 Å². The minimum absolute atomic E-state index is 0.193. The fraction of sp³-hybridized carbons (Fsp3) is 0.412. The largest absolute Gasteiger partial charge is 0.378 e. The number of allylic oxidation sites excluding steroid dienone is 1. The monoisotopic (exact) mass is 520 g/mol. The van der Waals surface area contributed by atoms with Gasteiger partial charge in [-0.25, -0.2) is 13.2 Å². The normalized spacial score (nSPS) is 17.5. The zero-order valence-corrected chi connectivity index (χ0v) is 22.5. The zero-order valence-electron chi connectivity index (χ0n) is 22.5. The molecule has 1 nitrogen and oxygen atoms in total. The molecule has 1 fully saturated rings. The second-order valence-corrected chi connectivity index (χ2v) is 10.5. The van der Waals surface area contributed by atoms with Crippen LogP contribution in [0.3, 0.4) is 0 Å². The van der Waals surface area contributed by atoms with Gasteiger partial charge in [0.2, 0.25) is 0 Å². The van der Waals surface area contributed by atoms with Crippen LogP contribution in [0.2, 0.25) is 0 Å². The number of rotatable bonds is 12. The Morgan fingerprint density at radius 3 is 2.21 bits per heavy atom. The van der Waals surface area contributed by atoms with Gasteiger partial charge in [0, 0.05) is 17.0 Å². The van der Waals surface area contributed by atoms with Crippen LogP contribution in [0.15, 0.2) is 67.3 Å². The average Bonchev–Trinajstić information content (AvgIpc) is 2.94. The lowest BCUT2D eigenvalue weighted by Gasteiger charge is -2.29. The van der Waals surface area contributed by atoms with Gasteiger partial charge in [-0.3, -0.25) is 0 Å². The van der Waals surface area contributed by atoms with Gasteiger partial charge in [0.1, 0.15) is 5.82 Å². The summed E-state index contributed by atoms with van der Waals surface area (Å²) < 4.78 is 50.8. The van der Waals surface area contributed by atoms with Gasteiger partial charge < -0.3 is 4.74 Å². The highest BCUT2D eigenvalue weighted by atomic mass is 19.2. The molecule has 1 aliphatic rings. The van der Waals surface area contributed by atoms with Gasteiger partial charge in [-0.2, -0.15) is 0 Å². The Labute approximate surface area is 225 Å². The fourth-order valence-corrected chi connectivity index (χ4v) is 5.37. The molecular formula is C34H39F3O. The number of ether oxygens (including phenoxy) is 1. The summed E-state index contributed by atoms with van der Waals surface area (Å²) in [6, 6.07) is 15.7. The quantitative estimate of drug-likeness (QED) is 0.170. The first-order chi connectivity index (χ1) is 18.5. The third-order valence-electron chi connectivity index (χ3n) is 7.75. The standard InChI is InChI=1S/C34H39F3O/c1-3-5-7-8-9-10-26-17-21-31(34(37)33(26)36)25-14-12-24(13-15-25)30-20-18-27(22-32(30)35)28-16-19-29(38-23-28)11-6-4-2/h4,12-15,17-18,20-22,28-29H,2-3,5-11,16,19,23H2,1H3. The van der Waals surface area contributed by atoms with Gasteiger partial charge >= 0.3 is 0 Å². The van der Waals surface area contributed by atoms with Crippen molar-refractivity contribution in [3.05, 3.63) is 95.8 Å². The summed E-state index contributed by atoms with van der Waals surface area (Å²) in [5.41, 5.74) is 3.37. The molecule has 0 N–H and O–H groups in total. The van der Waals surface area contributed by atoms with Crippen LogP contribution in [-0.2, 0) is 11.2 Å². The van der Waals surface area contributed by atoms with Gasteiger partial charge in [0.05, 0.1) is 12.7 Å². The molecule has 0 radical (unpaired) electrons. The summed E-state index contributed by atoms with van der Waals surface area (Å²) >= 11 is 0. The minimum Gasteiger partial charge on any atom is -0.378 e. The zero-order chi connectivity index (χ0) is 26.9. The van der Waals surface area contributed by atoms with Crippen molar-refractivity contribution >= 4 is 0 Å². The third-order valence-corrected chi connectivity index (χ3v) is 7.75. The van der Waals surface area contributed by atoms with Crippen LogP contribution in [-0.4, -0.2) is 12.7 Å². The van der Waals surface area contributed by atoms with Crippen LogP contribution in [0, 0.1) is 17.5 Å². The number of unbranched alkanes of at least 4 members (excludes halogenated alkanes) is 4.